The zero-order valence-electron chi connectivity index (χ0n) is 11.7. The van der Waals surface area contributed by atoms with Gasteiger partial charge in [0.1, 0.15) is 5.75 Å². The minimum Gasteiger partial charge on any atom is -0.497 e. The van der Waals surface area contributed by atoms with E-state index in [0.717, 1.165) is 25.4 Å². The number of hydrogen-bond acceptors (Lipinski definition) is 2. The van der Waals surface area contributed by atoms with Crippen molar-refractivity contribution in [2.75, 3.05) is 20.3 Å². The third kappa shape index (κ3) is 2.84. The van der Waals surface area contributed by atoms with E-state index >= 15 is 0 Å². The molecule has 1 fully saturated rings. The number of hydrogen-bond donors (Lipinski definition) is 0. The molecule has 0 N–H and O–H groups in total. The fraction of sp³-hybridized carbons (Fsp3) is 0.529. The highest BCUT2D eigenvalue weighted by Crippen LogP contribution is 2.32. The molecule has 0 bridgehead atoms. The van der Waals surface area contributed by atoms with Gasteiger partial charge in [0.05, 0.1) is 13.7 Å². The maximum absolute atomic E-state index is 5.64. The minimum absolute atomic E-state index is 0.641. The van der Waals surface area contributed by atoms with Crippen molar-refractivity contribution in [2.24, 2.45) is 5.92 Å². The van der Waals surface area contributed by atoms with Crippen molar-refractivity contribution in [2.45, 2.75) is 32.1 Å². The number of ether oxygens (including phenoxy) is 2. The molecule has 3 rings (SSSR count). The van der Waals surface area contributed by atoms with E-state index < -0.39 is 0 Å². The quantitative estimate of drug-likeness (QED) is 0.802. The van der Waals surface area contributed by atoms with Crippen LogP contribution in [0.1, 0.15) is 36.8 Å². The number of rotatable bonds is 2. The molecular formula is C17H22O2. The summed E-state index contributed by atoms with van der Waals surface area (Å²) in [6, 6.07) is 6.45. The Balaban J connectivity index is 1.87. The van der Waals surface area contributed by atoms with E-state index in [2.05, 4.69) is 24.3 Å². The van der Waals surface area contributed by atoms with Crippen LogP contribution in [0.15, 0.2) is 23.8 Å². The van der Waals surface area contributed by atoms with E-state index in [4.69, 9.17) is 9.47 Å². The number of aryl methyl sites for hydroxylation is 1. The molecule has 19 heavy (non-hydrogen) atoms. The van der Waals surface area contributed by atoms with Crippen LogP contribution in [-0.4, -0.2) is 20.3 Å². The second-order valence-electron chi connectivity index (χ2n) is 5.55. The fourth-order valence-corrected chi connectivity index (χ4v) is 3.18. The molecule has 2 heteroatoms. The molecule has 1 aromatic rings. The van der Waals surface area contributed by atoms with Gasteiger partial charge in [-0.05, 0) is 55.4 Å². The Hall–Kier alpha value is -1.28. The molecule has 1 atom stereocenters. The molecule has 1 aromatic carbocycles. The molecule has 0 spiro atoms. The molecule has 1 saturated heterocycles. The predicted molar refractivity (Wildman–Crippen MR) is 77.5 cm³/mol. The van der Waals surface area contributed by atoms with Gasteiger partial charge in [0.25, 0.3) is 0 Å². The SMILES string of the molecule is COc1ccc2c(c1)CCCC(C1CCCOC1)=C2. The number of benzene rings is 1. The lowest BCUT2D eigenvalue weighted by molar-refractivity contribution is 0.0665. The van der Waals surface area contributed by atoms with Crippen molar-refractivity contribution in [1.29, 1.82) is 0 Å². The Morgan fingerprint density at radius 3 is 2.95 bits per heavy atom. The molecule has 1 aliphatic heterocycles. The highest BCUT2D eigenvalue weighted by Gasteiger charge is 2.20. The van der Waals surface area contributed by atoms with Crippen molar-refractivity contribution in [1.82, 2.24) is 0 Å². The van der Waals surface area contributed by atoms with E-state index in [9.17, 15) is 0 Å². The van der Waals surface area contributed by atoms with Gasteiger partial charge < -0.3 is 9.47 Å². The summed E-state index contributed by atoms with van der Waals surface area (Å²) in [5.74, 6) is 1.61. The molecule has 102 valence electrons. The molecule has 0 radical (unpaired) electrons. The Morgan fingerprint density at radius 1 is 1.21 bits per heavy atom. The maximum atomic E-state index is 5.64. The van der Waals surface area contributed by atoms with Crippen LogP contribution in [0.4, 0.5) is 0 Å². The first-order valence-electron chi connectivity index (χ1n) is 7.32. The fourth-order valence-electron chi connectivity index (χ4n) is 3.18. The largest absolute Gasteiger partial charge is 0.497 e. The summed E-state index contributed by atoms with van der Waals surface area (Å²) >= 11 is 0. The average molecular weight is 258 g/mol. The molecule has 0 aromatic heterocycles. The summed E-state index contributed by atoms with van der Waals surface area (Å²) in [6.07, 6.45) is 8.50. The van der Waals surface area contributed by atoms with Crippen molar-refractivity contribution >= 4 is 6.08 Å². The maximum Gasteiger partial charge on any atom is 0.119 e. The molecular weight excluding hydrogens is 236 g/mol. The Bertz CT molecular complexity index is 470. The zero-order valence-corrected chi connectivity index (χ0v) is 11.7. The van der Waals surface area contributed by atoms with Crippen LogP contribution in [0, 0.1) is 5.92 Å². The van der Waals surface area contributed by atoms with Crippen LogP contribution in [0.2, 0.25) is 0 Å². The molecule has 2 aliphatic rings. The van der Waals surface area contributed by atoms with E-state index in [1.54, 1.807) is 12.7 Å². The first-order valence-corrected chi connectivity index (χ1v) is 7.32. The molecule has 2 nitrogen and oxygen atoms in total. The normalized spacial score (nSPS) is 23.2. The Kier molecular flexibility index (Phi) is 3.88. The third-order valence-corrected chi connectivity index (χ3v) is 4.29. The predicted octanol–water partition coefficient (Wildman–Crippen LogP) is 3.84. The molecule has 0 amide bonds. The van der Waals surface area contributed by atoms with Crippen molar-refractivity contribution in [3.63, 3.8) is 0 Å². The van der Waals surface area contributed by atoms with Crippen molar-refractivity contribution in [3.05, 3.63) is 34.9 Å². The van der Waals surface area contributed by atoms with Crippen LogP contribution in [0.3, 0.4) is 0 Å². The van der Waals surface area contributed by atoms with Crippen molar-refractivity contribution < 1.29 is 9.47 Å². The summed E-state index contributed by atoms with van der Waals surface area (Å²) in [5.41, 5.74) is 4.38. The highest BCUT2D eigenvalue weighted by atomic mass is 16.5. The zero-order chi connectivity index (χ0) is 13.1. The third-order valence-electron chi connectivity index (χ3n) is 4.29. The van der Waals surface area contributed by atoms with E-state index in [0.29, 0.717) is 5.92 Å². The molecule has 1 aliphatic carbocycles. The van der Waals surface area contributed by atoms with Crippen LogP contribution in [-0.2, 0) is 11.2 Å². The van der Waals surface area contributed by atoms with Gasteiger partial charge in [-0.3, -0.25) is 0 Å². The second-order valence-corrected chi connectivity index (χ2v) is 5.55. The lowest BCUT2D eigenvalue weighted by Gasteiger charge is -2.24. The van der Waals surface area contributed by atoms with Crippen LogP contribution < -0.4 is 4.74 Å². The van der Waals surface area contributed by atoms with Gasteiger partial charge in [0.2, 0.25) is 0 Å². The summed E-state index contributed by atoms with van der Waals surface area (Å²) < 4.78 is 11.0. The Labute approximate surface area is 115 Å². The Morgan fingerprint density at radius 2 is 2.16 bits per heavy atom. The monoisotopic (exact) mass is 258 g/mol. The van der Waals surface area contributed by atoms with Gasteiger partial charge in [-0.1, -0.05) is 17.7 Å². The van der Waals surface area contributed by atoms with Crippen molar-refractivity contribution in [3.8, 4) is 5.75 Å². The summed E-state index contributed by atoms with van der Waals surface area (Å²) in [5, 5.41) is 0. The van der Waals surface area contributed by atoms with E-state index in [-0.39, 0.29) is 0 Å². The highest BCUT2D eigenvalue weighted by molar-refractivity contribution is 5.60. The van der Waals surface area contributed by atoms with Gasteiger partial charge in [-0.2, -0.15) is 0 Å². The summed E-state index contributed by atoms with van der Waals surface area (Å²) in [6.45, 7) is 1.86. The van der Waals surface area contributed by atoms with Crippen LogP contribution >= 0.6 is 0 Å². The van der Waals surface area contributed by atoms with Crippen LogP contribution in [0.5, 0.6) is 5.75 Å². The number of methoxy groups -OCH3 is 1. The van der Waals surface area contributed by atoms with E-state index in [1.807, 2.05) is 0 Å². The molecule has 1 unspecified atom stereocenters. The summed E-state index contributed by atoms with van der Waals surface area (Å²) in [7, 11) is 1.74. The van der Waals surface area contributed by atoms with Gasteiger partial charge in [0.15, 0.2) is 0 Å². The van der Waals surface area contributed by atoms with Gasteiger partial charge in [0, 0.05) is 12.5 Å². The standard InChI is InChI=1S/C17H22O2/c1-18-17-8-7-15-10-13(4-2-5-14(15)11-17)16-6-3-9-19-12-16/h7-8,10-11,16H,2-6,9,12H2,1H3. The van der Waals surface area contributed by atoms with Gasteiger partial charge in [-0.15, -0.1) is 0 Å². The minimum atomic E-state index is 0.641. The smallest absolute Gasteiger partial charge is 0.119 e. The summed E-state index contributed by atoms with van der Waals surface area (Å²) in [4.78, 5) is 0. The first-order chi connectivity index (χ1) is 9.36. The molecule has 0 saturated carbocycles. The lowest BCUT2D eigenvalue weighted by Crippen LogP contribution is -2.19. The first kappa shape index (κ1) is 12.7. The second kappa shape index (κ2) is 5.79. The molecule has 1 heterocycles. The average Bonchev–Trinajstić information content (AvgIpc) is 2.69. The van der Waals surface area contributed by atoms with Crippen LogP contribution in [0.25, 0.3) is 6.08 Å². The van der Waals surface area contributed by atoms with Gasteiger partial charge >= 0.3 is 0 Å². The van der Waals surface area contributed by atoms with Gasteiger partial charge in [-0.25, -0.2) is 0 Å². The number of fused-ring (bicyclic) bond motifs is 1. The van der Waals surface area contributed by atoms with E-state index in [1.165, 1.54) is 36.8 Å². The lowest BCUT2D eigenvalue weighted by atomic mass is 9.90. The topological polar surface area (TPSA) is 18.5 Å².